The van der Waals surface area contributed by atoms with Gasteiger partial charge in [-0.25, -0.2) is 0 Å². The molecule has 2 bridgehead atoms. The van der Waals surface area contributed by atoms with Gasteiger partial charge < -0.3 is 14.4 Å². The highest BCUT2D eigenvalue weighted by Gasteiger charge is 2.32. The number of aryl methyl sites for hydroxylation is 2. The predicted octanol–water partition coefficient (Wildman–Crippen LogP) is 2.51. The molecule has 5 nitrogen and oxygen atoms in total. The molecule has 5 heteroatoms. The molecule has 1 aromatic carbocycles. The lowest BCUT2D eigenvalue weighted by Crippen LogP contribution is -2.44. The zero-order valence-electron chi connectivity index (χ0n) is 16.4. The summed E-state index contributed by atoms with van der Waals surface area (Å²) >= 11 is 0. The quantitative estimate of drug-likeness (QED) is 0.782. The third-order valence-corrected chi connectivity index (χ3v) is 5.49. The summed E-state index contributed by atoms with van der Waals surface area (Å²) in [4.78, 5) is 17.2. The molecule has 2 fully saturated rings. The van der Waals surface area contributed by atoms with Crippen molar-refractivity contribution in [3.05, 3.63) is 29.3 Å². The van der Waals surface area contributed by atoms with Crippen LogP contribution >= 0.6 is 0 Å². The van der Waals surface area contributed by atoms with E-state index in [1.807, 2.05) is 13.0 Å². The molecular formula is C21H32N2O3. The Kier molecular flexibility index (Phi) is 6.54. The van der Waals surface area contributed by atoms with Gasteiger partial charge in [0.05, 0.1) is 25.9 Å². The van der Waals surface area contributed by atoms with Gasteiger partial charge in [-0.3, -0.25) is 9.69 Å². The molecule has 0 spiro atoms. The van der Waals surface area contributed by atoms with Crippen LogP contribution in [0.2, 0.25) is 0 Å². The number of rotatable bonds is 6. The Hall–Kier alpha value is -1.59. The minimum absolute atomic E-state index is 0.292. The fourth-order valence-electron chi connectivity index (χ4n) is 4.04. The molecular weight excluding hydrogens is 328 g/mol. The van der Waals surface area contributed by atoms with Crippen molar-refractivity contribution in [2.24, 2.45) is 5.92 Å². The second kappa shape index (κ2) is 8.87. The number of ether oxygens (including phenoxy) is 2. The molecule has 144 valence electrons. The molecule has 26 heavy (non-hydrogen) atoms. The highest BCUT2D eigenvalue weighted by atomic mass is 16.5. The van der Waals surface area contributed by atoms with E-state index in [1.54, 1.807) is 0 Å². The fourth-order valence-corrected chi connectivity index (χ4v) is 4.04. The van der Waals surface area contributed by atoms with Gasteiger partial charge in [0.25, 0.3) is 0 Å². The Balaban J connectivity index is 1.50. The van der Waals surface area contributed by atoms with Crippen molar-refractivity contribution in [3.8, 4) is 5.75 Å². The molecule has 2 atom stereocenters. The number of hydrogen-bond acceptors (Lipinski definition) is 4. The van der Waals surface area contributed by atoms with E-state index in [2.05, 4.69) is 35.9 Å². The van der Waals surface area contributed by atoms with E-state index in [1.165, 1.54) is 11.1 Å². The Morgan fingerprint density at radius 1 is 1.27 bits per heavy atom. The molecule has 2 aliphatic heterocycles. The lowest BCUT2D eigenvalue weighted by Gasteiger charge is -2.29. The highest BCUT2D eigenvalue weighted by Crippen LogP contribution is 2.21. The predicted molar refractivity (Wildman–Crippen MR) is 103 cm³/mol. The van der Waals surface area contributed by atoms with Gasteiger partial charge >= 0.3 is 0 Å². The van der Waals surface area contributed by atoms with Gasteiger partial charge in [0.2, 0.25) is 5.91 Å². The summed E-state index contributed by atoms with van der Waals surface area (Å²) in [5.74, 6) is 1.68. The standard InChI is InChI=1S/C21H32N2O3/c1-4-26-20-9-8-17(10-16(20)2)6-5-7-21(24)23-12-18-11-22(3)19(13-23)15-25-14-18/h8-10,18-19H,4-7,11-15H2,1-3H3/t18-,19+/m1/s1. The third kappa shape index (κ3) is 4.77. The molecule has 2 aliphatic rings. The summed E-state index contributed by atoms with van der Waals surface area (Å²) in [6, 6.07) is 6.67. The maximum atomic E-state index is 12.7. The van der Waals surface area contributed by atoms with E-state index in [0.29, 0.717) is 30.9 Å². The summed E-state index contributed by atoms with van der Waals surface area (Å²) in [6.07, 6.45) is 2.45. The summed E-state index contributed by atoms with van der Waals surface area (Å²) in [6.45, 7) is 8.94. The first-order chi connectivity index (χ1) is 12.6. The molecule has 2 heterocycles. The largest absolute Gasteiger partial charge is 0.494 e. The zero-order chi connectivity index (χ0) is 18.5. The topological polar surface area (TPSA) is 42.0 Å². The third-order valence-electron chi connectivity index (χ3n) is 5.49. The van der Waals surface area contributed by atoms with Gasteiger partial charge in [-0.1, -0.05) is 12.1 Å². The van der Waals surface area contributed by atoms with E-state index in [9.17, 15) is 4.79 Å². The smallest absolute Gasteiger partial charge is 0.222 e. The molecule has 0 radical (unpaired) electrons. The van der Waals surface area contributed by atoms with Crippen LogP contribution in [0.1, 0.15) is 30.9 Å². The molecule has 0 aliphatic carbocycles. The molecule has 0 saturated carbocycles. The Morgan fingerprint density at radius 2 is 2.12 bits per heavy atom. The van der Waals surface area contributed by atoms with Crippen molar-refractivity contribution < 1.29 is 14.3 Å². The first-order valence-electron chi connectivity index (χ1n) is 9.85. The lowest BCUT2D eigenvalue weighted by molar-refractivity contribution is -0.133. The van der Waals surface area contributed by atoms with Crippen LogP contribution in [0.25, 0.3) is 0 Å². The Labute approximate surface area is 157 Å². The van der Waals surface area contributed by atoms with Crippen LogP contribution in [0.5, 0.6) is 5.75 Å². The maximum Gasteiger partial charge on any atom is 0.222 e. The fraction of sp³-hybridized carbons (Fsp3) is 0.667. The average molecular weight is 360 g/mol. The van der Waals surface area contributed by atoms with Crippen LogP contribution in [-0.4, -0.2) is 68.3 Å². The van der Waals surface area contributed by atoms with E-state index in [-0.39, 0.29) is 0 Å². The van der Waals surface area contributed by atoms with E-state index >= 15 is 0 Å². The molecule has 0 aromatic heterocycles. The second-order valence-electron chi connectivity index (χ2n) is 7.68. The number of hydrogen-bond donors (Lipinski definition) is 0. The average Bonchev–Trinajstić information content (AvgIpc) is 2.86. The molecule has 1 aromatic rings. The molecule has 0 N–H and O–H groups in total. The highest BCUT2D eigenvalue weighted by molar-refractivity contribution is 5.76. The Bertz CT molecular complexity index is 619. The number of nitrogens with zero attached hydrogens (tertiary/aromatic N) is 2. The maximum absolute atomic E-state index is 12.7. The van der Waals surface area contributed by atoms with E-state index in [0.717, 1.165) is 51.4 Å². The number of amides is 1. The van der Waals surface area contributed by atoms with Crippen molar-refractivity contribution in [2.75, 3.05) is 46.5 Å². The number of carbonyl (C=O) groups is 1. The van der Waals surface area contributed by atoms with E-state index in [4.69, 9.17) is 9.47 Å². The summed E-state index contributed by atoms with van der Waals surface area (Å²) in [5, 5.41) is 0. The lowest BCUT2D eigenvalue weighted by atomic mass is 10.0. The van der Waals surface area contributed by atoms with Crippen LogP contribution < -0.4 is 4.74 Å². The number of benzene rings is 1. The van der Waals surface area contributed by atoms with Gasteiger partial charge in [-0.05, 0) is 50.9 Å². The number of carbonyl (C=O) groups excluding carboxylic acids is 1. The molecule has 0 unspecified atom stereocenters. The minimum atomic E-state index is 0.292. The number of likely N-dealkylation sites (N-methyl/N-ethyl adjacent to an activating group) is 1. The van der Waals surface area contributed by atoms with Crippen molar-refractivity contribution in [3.63, 3.8) is 0 Å². The zero-order valence-corrected chi connectivity index (χ0v) is 16.4. The van der Waals surface area contributed by atoms with Gasteiger partial charge in [0, 0.05) is 32.0 Å². The molecule has 3 rings (SSSR count). The van der Waals surface area contributed by atoms with Crippen molar-refractivity contribution in [1.82, 2.24) is 9.80 Å². The molecule has 1 amide bonds. The van der Waals surface area contributed by atoms with Crippen LogP contribution in [0.3, 0.4) is 0 Å². The van der Waals surface area contributed by atoms with Crippen LogP contribution in [-0.2, 0) is 16.0 Å². The first-order valence-corrected chi connectivity index (χ1v) is 9.85. The van der Waals surface area contributed by atoms with Crippen molar-refractivity contribution >= 4 is 5.91 Å². The van der Waals surface area contributed by atoms with E-state index < -0.39 is 0 Å². The van der Waals surface area contributed by atoms with Gasteiger partial charge in [0.15, 0.2) is 0 Å². The monoisotopic (exact) mass is 360 g/mol. The van der Waals surface area contributed by atoms with Gasteiger partial charge in [-0.2, -0.15) is 0 Å². The summed E-state index contributed by atoms with van der Waals surface area (Å²) in [5.41, 5.74) is 2.44. The van der Waals surface area contributed by atoms with Crippen LogP contribution in [0.4, 0.5) is 0 Å². The minimum Gasteiger partial charge on any atom is -0.494 e. The van der Waals surface area contributed by atoms with Gasteiger partial charge in [-0.15, -0.1) is 0 Å². The number of fused-ring (bicyclic) bond motifs is 3. The van der Waals surface area contributed by atoms with Crippen LogP contribution in [0.15, 0.2) is 18.2 Å². The summed E-state index contributed by atoms with van der Waals surface area (Å²) in [7, 11) is 2.15. The molecule has 2 saturated heterocycles. The van der Waals surface area contributed by atoms with Gasteiger partial charge in [0.1, 0.15) is 5.75 Å². The summed E-state index contributed by atoms with van der Waals surface area (Å²) < 4.78 is 11.3. The Morgan fingerprint density at radius 3 is 2.88 bits per heavy atom. The SMILES string of the molecule is CCOc1ccc(CCCC(=O)N2C[C@@H]3COC[C@H](C2)N(C)C3)cc1C. The normalized spacial score (nSPS) is 23.6. The first kappa shape index (κ1) is 19.2. The van der Waals surface area contributed by atoms with Crippen molar-refractivity contribution in [1.29, 1.82) is 0 Å². The van der Waals surface area contributed by atoms with Crippen LogP contribution in [0, 0.1) is 12.8 Å². The van der Waals surface area contributed by atoms with Crippen molar-refractivity contribution in [2.45, 2.75) is 39.2 Å². The second-order valence-corrected chi connectivity index (χ2v) is 7.68.